The van der Waals surface area contributed by atoms with Crippen molar-refractivity contribution >= 4 is 63.1 Å². The number of aromatic nitrogens is 1. The van der Waals surface area contributed by atoms with Crippen molar-refractivity contribution < 1.29 is 62.9 Å². The van der Waals surface area contributed by atoms with Crippen LogP contribution in [0.2, 0.25) is 0 Å². The maximum Gasteiger partial charge on any atom is 0.243 e. The smallest absolute Gasteiger partial charge is 0.243 e. The van der Waals surface area contributed by atoms with Gasteiger partial charge in [0.2, 0.25) is 41.4 Å². The lowest BCUT2D eigenvalue weighted by atomic mass is 9.93. The first-order valence-corrected chi connectivity index (χ1v) is 22.1. The van der Waals surface area contributed by atoms with Crippen LogP contribution in [0.25, 0.3) is 10.9 Å². The Morgan fingerprint density at radius 1 is 1.03 bits per heavy atom. The second-order valence-electron chi connectivity index (χ2n) is 16.4. The summed E-state index contributed by atoms with van der Waals surface area (Å²) in [7, 11) is -2.13. The first kappa shape index (κ1) is 47.2. The Labute approximate surface area is 363 Å². The number of rotatable bonds is 6. The van der Waals surface area contributed by atoms with E-state index in [0.717, 1.165) is 4.90 Å². The molecule has 0 radical (unpaired) electrons. The number of ether oxygens (including phenoxy) is 1. The molecule has 2 aromatic rings. The van der Waals surface area contributed by atoms with E-state index in [1.54, 1.807) is 13.0 Å². The second kappa shape index (κ2) is 20.1. The zero-order valence-corrected chi connectivity index (χ0v) is 35.6. The lowest BCUT2D eigenvalue weighted by molar-refractivity contribution is -0.142. The molecule has 0 spiro atoms. The Balaban J connectivity index is 1.56. The van der Waals surface area contributed by atoms with Crippen LogP contribution >= 0.6 is 0 Å². The molecule has 12 unspecified atom stereocenters. The number of hydrogen-bond donors (Lipinski definition) is 13. The van der Waals surface area contributed by atoms with Gasteiger partial charge in [0, 0.05) is 49.3 Å². The summed E-state index contributed by atoms with van der Waals surface area (Å²) >= 11 is 0. The molecular formula is C39H56N10O13S. The summed E-state index contributed by atoms with van der Waals surface area (Å²) in [6.07, 6.45) is -6.23. The van der Waals surface area contributed by atoms with Crippen molar-refractivity contribution in [2.24, 2.45) is 17.4 Å². The van der Waals surface area contributed by atoms with Crippen molar-refractivity contribution in [3.05, 3.63) is 23.3 Å². The van der Waals surface area contributed by atoms with E-state index >= 15 is 0 Å². The normalized spacial score (nSPS) is 31.4. The number of carbonyl (C=O) groups excluding carboxylic acids is 7. The minimum absolute atomic E-state index is 0.0281. The lowest BCUT2D eigenvalue weighted by Gasteiger charge is -2.33. The zero-order valence-electron chi connectivity index (χ0n) is 34.8. The van der Waals surface area contributed by atoms with Gasteiger partial charge in [0.25, 0.3) is 0 Å². The van der Waals surface area contributed by atoms with E-state index in [0.29, 0.717) is 5.39 Å². The molecule has 7 amide bonds. The number of aliphatic hydroxyl groups is 4. The van der Waals surface area contributed by atoms with Crippen LogP contribution in [0.4, 0.5) is 0 Å². The molecule has 63 heavy (non-hydrogen) atoms. The van der Waals surface area contributed by atoms with Gasteiger partial charge in [-0.1, -0.05) is 13.8 Å². The Kier molecular flexibility index (Phi) is 15.1. The predicted molar refractivity (Wildman–Crippen MR) is 221 cm³/mol. The van der Waals surface area contributed by atoms with Gasteiger partial charge in [-0.15, -0.1) is 0 Å². The number of aromatic amines is 1. The number of carbonyl (C=O) groups is 7. The van der Waals surface area contributed by atoms with Crippen LogP contribution < -0.4 is 48.1 Å². The highest BCUT2D eigenvalue weighted by atomic mass is 32.2. The number of benzene rings is 1. The van der Waals surface area contributed by atoms with Crippen LogP contribution in [0.1, 0.15) is 56.8 Å². The van der Waals surface area contributed by atoms with E-state index in [2.05, 4.69) is 36.9 Å². The van der Waals surface area contributed by atoms with Gasteiger partial charge in [-0.05, 0) is 30.5 Å². The largest absolute Gasteiger partial charge is 0.488 e. The van der Waals surface area contributed by atoms with Crippen molar-refractivity contribution in [3.63, 3.8) is 0 Å². The van der Waals surface area contributed by atoms with Gasteiger partial charge in [-0.25, -0.2) is 0 Å². The number of hydrogen-bond acceptors (Lipinski definition) is 15. The van der Waals surface area contributed by atoms with E-state index in [-0.39, 0.29) is 72.7 Å². The highest BCUT2D eigenvalue weighted by molar-refractivity contribution is 7.85. The summed E-state index contributed by atoms with van der Waals surface area (Å²) in [5, 5.41) is 59.5. The molecule has 1 aromatic heterocycles. The van der Waals surface area contributed by atoms with Gasteiger partial charge < -0.3 is 78.4 Å². The minimum atomic E-state index is -2.13. The molecule has 0 saturated carbocycles. The maximum absolute atomic E-state index is 14.8. The SMILES string of the molecule is CCC1Oc2ccc3c4c5[nH]c3c2C(O)CCNC(=O)C(C4)NC(=O)C(C(C)C(O)CO)NC(=O)C2CC(O)CN2C(=O)C(CC(N)=O)NCC(CS5=O)NC(=O)CNC(=O)C1N. The molecule has 8 bridgehead atoms. The molecule has 346 valence electrons. The van der Waals surface area contributed by atoms with Gasteiger partial charge in [-0.2, -0.15) is 0 Å². The number of nitrogens with one attached hydrogen (secondary N) is 7. The van der Waals surface area contributed by atoms with Gasteiger partial charge in [-0.3, -0.25) is 37.8 Å². The van der Waals surface area contributed by atoms with Crippen molar-refractivity contribution in [1.29, 1.82) is 0 Å². The van der Waals surface area contributed by atoms with Crippen molar-refractivity contribution in [2.45, 2.75) is 112 Å². The molecule has 15 N–H and O–H groups in total. The van der Waals surface area contributed by atoms with Crippen molar-refractivity contribution in [3.8, 4) is 5.75 Å². The fourth-order valence-electron chi connectivity index (χ4n) is 8.44. The van der Waals surface area contributed by atoms with Crippen LogP contribution in [0.15, 0.2) is 17.2 Å². The molecule has 24 heteroatoms. The summed E-state index contributed by atoms with van der Waals surface area (Å²) in [4.78, 5) is 100. The average molecular weight is 905 g/mol. The van der Waals surface area contributed by atoms with E-state index in [9.17, 15) is 58.2 Å². The number of fused-ring (bicyclic) bond motifs is 4. The van der Waals surface area contributed by atoms with E-state index in [4.69, 9.17) is 16.2 Å². The fraction of sp³-hybridized carbons (Fsp3) is 0.615. The summed E-state index contributed by atoms with van der Waals surface area (Å²) < 4.78 is 21.1. The Hall–Kier alpha value is -5.24. The molecule has 1 saturated heterocycles. The quantitative estimate of drug-likeness (QED) is 0.128. The Morgan fingerprint density at radius 2 is 1.78 bits per heavy atom. The second-order valence-corrected chi connectivity index (χ2v) is 17.8. The Bertz CT molecular complexity index is 2140. The third kappa shape index (κ3) is 10.4. The maximum atomic E-state index is 14.8. The molecule has 12 atom stereocenters. The standard InChI is InChI=1S/C39H56N10O13S/c1-3-26-31(41)36(58)44-12-29(55)45-17-11-43-22(10-28(40)54)39(60)49-13-18(51)8-23(49)35(57)47-32(16(2)25(53)14-50)37(59)46-21-9-20-19-4-5-27(62-26)30(24(52)6-7-42-34(21)56)33(19)48-38(20)63(61)15-17/h4-5,16-18,21-26,31-32,43,48,50-53H,3,6-15,41H2,1-2H3,(H2,40,54)(H,42,56)(H,44,58)(H,45,55)(H,46,59)(H,47,57). The molecule has 6 rings (SSSR count). The van der Waals surface area contributed by atoms with Crippen LogP contribution in [0.3, 0.4) is 0 Å². The topological polar surface area (TPSA) is 370 Å². The molecule has 0 aliphatic carbocycles. The third-order valence-corrected chi connectivity index (χ3v) is 13.5. The molecule has 23 nitrogen and oxygen atoms in total. The molecule has 1 fully saturated rings. The highest BCUT2D eigenvalue weighted by Gasteiger charge is 2.44. The zero-order chi connectivity index (χ0) is 45.9. The first-order valence-electron chi connectivity index (χ1n) is 20.8. The van der Waals surface area contributed by atoms with Crippen LogP contribution in [-0.2, 0) is 50.8 Å². The van der Waals surface area contributed by atoms with Gasteiger partial charge in [0.15, 0.2) is 0 Å². The Morgan fingerprint density at radius 3 is 2.48 bits per heavy atom. The first-order chi connectivity index (χ1) is 29.9. The molecule has 1 aromatic carbocycles. The molecule has 5 heterocycles. The summed E-state index contributed by atoms with van der Waals surface area (Å²) in [5.41, 5.74) is 12.6. The van der Waals surface area contributed by atoms with Gasteiger partial charge in [0.05, 0.1) is 72.0 Å². The van der Waals surface area contributed by atoms with Gasteiger partial charge >= 0.3 is 0 Å². The van der Waals surface area contributed by atoms with Crippen molar-refractivity contribution in [2.75, 3.05) is 38.5 Å². The molecule has 4 aliphatic rings. The van der Waals surface area contributed by atoms with E-state index in [1.807, 2.05) is 0 Å². The number of amides is 7. The number of nitrogens with two attached hydrogens (primary N) is 2. The monoisotopic (exact) mass is 904 g/mol. The van der Waals surface area contributed by atoms with Crippen LogP contribution in [0, 0.1) is 5.92 Å². The number of aliphatic hydroxyl groups excluding tert-OH is 4. The fourth-order valence-corrected chi connectivity index (χ4v) is 9.86. The summed E-state index contributed by atoms with van der Waals surface area (Å²) in [6, 6.07) is -5.27. The number of H-pyrrole nitrogens is 1. The van der Waals surface area contributed by atoms with Crippen molar-refractivity contribution in [1.82, 2.24) is 41.8 Å². The molecule has 4 aliphatic heterocycles. The molecular weight excluding hydrogens is 849 g/mol. The van der Waals surface area contributed by atoms with Crippen LogP contribution in [0.5, 0.6) is 5.75 Å². The van der Waals surface area contributed by atoms with E-state index < -0.39 is 144 Å². The number of nitrogens with zero attached hydrogens (tertiary/aromatic N) is 1. The average Bonchev–Trinajstić information content (AvgIpc) is 3.82. The third-order valence-electron chi connectivity index (χ3n) is 12.0. The highest BCUT2D eigenvalue weighted by Crippen LogP contribution is 2.39. The van der Waals surface area contributed by atoms with Gasteiger partial charge in [0.1, 0.15) is 41.0 Å². The van der Waals surface area contributed by atoms with Crippen LogP contribution in [-0.4, -0.2) is 169 Å². The summed E-state index contributed by atoms with van der Waals surface area (Å²) in [5.74, 6) is -7.41. The number of primary amides is 1. The minimum Gasteiger partial charge on any atom is -0.488 e. The van der Waals surface area contributed by atoms with E-state index in [1.165, 1.54) is 13.0 Å². The lowest BCUT2D eigenvalue weighted by Crippen LogP contribution is -2.61. The predicted octanol–water partition coefficient (Wildman–Crippen LogP) is -5.76. The summed E-state index contributed by atoms with van der Waals surface area (Å²) in [6.45, 7) is 0.855.